The molecule has 1 rings (SSSR count). The van der Waals surface area contributed by atoms with E-state index in [0.717, 1.165) is 6.42 Å². The fourth-order valence-electron chi connectivity index (χ4n) is 2.21. The Balaban J connectivity index is 2.64. The Morgan fingerprint density at radius 2 is 1.83 bits per heavy atom. The molecule has 0 aliphatic heterocycles. The second-order valence-electron chi connectivity index (χ2n) is 4.50. The molecule has 0 saturated heterocycles. The Morgan fingerprint density at radius 1 is 1.25 bits per heavy atom. The smallest absolute Gasteiger partial charge is 0.207 e. The molecule has 12 heavy (non-hydrogen) atoms. The van der Waals surface area contributed by atoms with E-state index in [1.54, 1.807) is 0 Å². The van der Waals surface area contributed by atoms with E-state index in [2.05, 4.69) is 0 Å². The van der Waals surface area contributed by atoms with E-state index in [9.17, 15) is 8.78 Å². The number of hydrogen-bond acceptors (Lipinski definition) is 0. The van der Waals surface area contributed by atoms with Gasteiger partial charge in [0.2, 0.25) is 0 Å². The van der Waals surface area contributed by atoms with Crippen LogP contribution in [0.25, 0.3) is 0 Å². The van der Waals surface area contributed by atoms with E-state index in [4.69, 9.17) is 0 Å². The maximum atomic E-state index is 13.4. The summed E-state index contributed by atoms with van der Waals surface area (Å²) in [5, 5.41) is 0. The zero-order chi connectivity index (χ0) is 9.35. The maximum absolute atomic E-state index is 13.4. The van der Waals surface area contributed by atoms with Crippen molar-refractivity contribution < 1.29 is 8.78 Å². The lowest BCUT2D eigenvalue weighted by Crippen LogP contribution is -2.37. The fourth-order valence-corrected chi connectivity index (χ4v) is 2.21. The average molecular weight is 176 g/mol. The van der Waals surface area contributed by atoms with Gasteiger partial charge in [-0.25, -0.2) is 8.78 Å². The standard InChI is InChI=1S/C10H18F2/c1-7(2)9-5-4-8(3)6-10(9,11)12/h7-9H,4-6H2,1-3H3/t8-,9-/m1/s1. The van der Waals surface area contributed by atoms with Crippen LogP contribution in [0.1, 0.15) is 40.0 Å². The summed E-state index contributed by atoms with van der Waals surface area (Å²) in [6, 6.07) is 0. The Kier molecular flexibility index (Phi) is 2.74. The van der Waals surface area contributed by atoms with Gasteiger partial charge < -0.3 is 0 Å². The zero-order valence-corrected chi connectivity index (χ0v) is 8.11. The van der Waals surface area contributed by atoms with Crippen LogP contribution < -0.4 is 0 Å². The summed E-state index contributed by atoms with van der Waals surface area (Å²) in [7, 11) is 0. The minimum Gasteiger partial charge on any atom is -0.207 e. The van der Waals surface area contributed by atoms with Crippen molar-refractivity contribution in [3.63, 3.8) is 0 Å². The number of alkyl halides is 2. The van der Waals surface area contributed by atoms with Crippen LogP contribution in [0, 0.1) is 17.8 Å². The molecule has 1 fully saturated rings. The van der Waals surface area contributed by atoms with Crippen molar-refractivity contribution in [2.45, 2.75) is 46.0 Å². The molecule has 0 heterocycles. The monoisotopic (exact) mass is 176 g/mol. The lowest BCUT2D eigenvalue weighted by Gasteiger charge is -2.36. The van der Waals surface area contributed by atoms with Gasteiger partial charge in [-0.15, -0.1) is 0 Å². The topological polar surface area (TPSA) is 0 Å². The SMILES string of the molecule is CC(C)[C@H]1CC[C@@H](C)CC1(F)F. The molecule has 0 aromatic heterocycles. The van der Waals surface area contributed by atoms with E-state index in [1.165, 1.54) is 0 Å². The molecule has 0 spiro atoms. The third-order valence-electron chi connectivity index (χ3n) is 2.94. The van der Waals surface area contributed by atoms with Gasteiger partial charge in [-0.05, 0) is 18.3 Å². The van der Waals surface area contributed by atoms with Crippen molar-refractivity contribution in [3.8, 4) is 0 Å². The second kappa shape index (κ2) is 3.31. The predicted octanol–water partition coefficient (Wildman–Crippen LogP) is 3.71. The van der Waals surface area contributed by atoms with Gasteiger partial charge in [-0.3, -0.25) is 0 Å². The van der Waals surface area contributed by atoms with Crippen molar-refractivity contribution in [3.05, 3.63) is 0 Å². The summed E-state index contributed by atoms with van der Waals surface area (Å²) in [5.41, 5.74) is 0. The van der Waals surface area contributed by atoms with Crippen molar-refractivity contribution in [2.24, 2.45) is 17.8 Å². The molecule has 0 N–H and O–H groups in total. The average Bonchev–Trinajstić information content (AvgIpc) is 1.82. The molecule has 1 saturated carbocycles. The first kappa shape index (κ1) is 9.94. The largest absolute Gasteiger partial charge is 0.251 e. The summed E-state index contributed by atoms with van der Waals surface area (Å²) in [4.78, 5) is 0. The van der Waals surface area contributed by atoms with Crippen LogP contribution in [-0.2, 0) is 0 Å². The van der Waals surface area contributed by atoms with Crippen LogP contribution in [0.2, 0.25) is 0 Å². The second-order valence-corrected chi connectivity index (χ2v) is 4.50. The van der Waals surface area contributed by atoms with Gasteiger partial charge >= 0.3 is 0 Å². The van der Waals surface area contributed by atoms with Gasteiger partial charge in [0.1, 0.15) is 0 Å². The van der Waals surface area contributed by atoms with E-state index in [-0.39, 0.29) is 24.2 Å². The van der Waals surface area contributed by atoms with Gasteiger partial charge in [0.15, 0.2) is 0 Å². The summed E-state index contributed by atoms with van der Waals surface area (Å²) in [5.74, 6) is -2.47. The zero-order valence-electron chi connectivity index (χ0n) is 8.11. The Morgan fingerprint density at radius 3 is 2.25 bits per heavy atom. The van der Waals surface area contributed by atoms with Crippen LogP contribution in [0.15, 0.2) is 0 Å². The molecule has 0 bridgehead atoms. The Labute approximate surface area is 73.3 Å². The molecule has 0 radical (unpaired) electrons. The van der Waals surface area contributed by atoms with E-state index < -0.39 is 5.92 Å². The number of halogens is 2. The van der Waals surface area contributed by atoms with Crippen LogP contribution in [0.3, 0.4) is 0 Å². The fraction of sp³-hybridized carbons (Fsp3) is 1.00. The highest BCUT2D eigenvalue weighted by molar-refractivity contribution is 4.86. The first-order valence-corrected chi connectivity index (χ1v) is 4.81. The molecule has 0 unspecified atom stereocenters. The first-order valence-electron chi connectivity index (χ1n) is 4.81. The first-order chi connectivity index (χ1) is 5.43. The molecule has 0 nitrogen and oxygen atoms in total. The van der Waals surface area contributed by atoms with Crippen LogP contribution in [-0.4, -0.2) is 5.92 Å². The number of hydrogen-bond donors (Lipinski definition) is 0. The quantitative estimate of drug-likeness (QED) is 0.571. The molecule has 1 aliphatic carbocycles. The molecule has 0 aromatic rings. The minimum atomic E-state index is -2.41. The molecule has 2 heteroatoms. The van der Waals surface area contributed by atoms with E-state index >= 15 is 0 Å². The maximum Gasteiger partial charge on any atom is 0.251 e. The van der Waals surface area contributed by atoms with Crippen molar-refractivity contribution >= 4 is 0 Å². The Hall–Kier alpha value is -0.140. The van der Waals surface area contributed by atoms with Gasteiger partial charge in [-0.2, -0.15) is 0 Å². The highest BCUT2D eigenvalue weighted by Crippen LogP contribution is 2.44. The summed E-state index contributed by atoms with van der Waals surface area (Å²) >= 11 is 0. The van der Waals surface area contributed by atoms with Crippen LogP contribution in [0.5, 0.6) is 0 Å². The molecule has 2 atom stereocenters. The van der Waals surface area contributed by atoms with Crippen LogP contribution >= 0.6 is 0 Å². The van der Waals surface area contributed by atoms with Crippen LogP contribution in [0.4, 0.5) is 8.78 Å². The number of rotatable bonds is 1. The highest BCUT2D eigenvalue weighted by atomic mass is 19.3. The lowest BCUT2D eigenvalue weighted by molar-refractivity contribution is -0.115. The third kappa shape index (κ3) is 1.96. The third-order valence-corrected chi connectivity index (χ3v) is 2.94. The van der Waals surface area contributed by atoms with Gasteiger partial charge in [0, 0.05) is 12.3 Å². The molecular weight excluding hydrogens is 158 g/mol. The van der Waals surface area contributed by atoms with Crippen molar-refractivity contribution in [1.82, 2.24) is 0 Å². The van der Waals surface area contributed by atoms with Crippen molar-refractivity contribution in [2.75, 3.05) is 0 Å². The van der Waals surface area contributed by atoms with Gasteiger partial charge in [0.05, 0.1) is 0 Å². The predicted molar refractivity (Wildman–Crippen MR) is 46.3 cm³/mol. The van der Waals surface area contributed by atoms with Gasteiger partial charge in [0.25, 0.3) is 5.92 Å². The minimum absolute atomic E-state index is 0.0931. The van der Waals surface area contributed by atoms with Crippen molar-refractivity contribution in [1.29, 1.82) is 0 Å². The molecule has 72 valence electrons. The summed E-state index contributed by atoms with van der Waals surface area (Å²) in [6.07, 6.45) is 1.76. The highest BCUT2D eigenvalue weighted by Gasteiger charge is 2.44. The lowest BCUT2D eigenvalue weighted by atomic mass is 9.75. The molecule has 0 aromatic carbocycles. The summed E-state index contributed by atoms with van der Waals surface area (Å²) < 4.78 is 26.7. The molecule has 1 aliphatic rings. The summed E-state index contributed by atoms with van der Waals surface area (Å²) in [6.45, 7) is 5.72. The van der Waals surface area contributed by atoms with E-state index in [1.807, 2.05) is 20.8 Å². The normalized spacial score (nSPS) is 35.5. The Bertz CT molecular complexity index is 152. The molecule has 0 amide bonds. The van der Waals surface area contributed by atoms with E-state index in [0.29, 0.717) is 6.42 Å². The molecular formula is C10H18F2. The van der Waals surface area contributed by atoms with Gasteiger partial charge in [-0.1, -0.05) is 27.2 Å².